The molecule has 0 aromatic heterocycles. The van der Waals surface area contributed by atoms with E-state index in [0.717, 1.165) is 39.1 Å². The third-order valence-electron chi connectivity index (χ3n) is 4.46. The zero-order valence-electron chi connectivity index (χ0n) is 15.8. The summed E-state index contributed by atoms with van der Waals surface area (Å²) in [5.74, 6) is 2.25. The highest BCUT2D eigenvalue weighted by Crippen LogP contribution is 2.45. The first kappa shape index (κ1) is 18.3. The molecule has 0 radical (unpaired) electrons. The molecule has 28 heavy (non-hydrogen) atoms. The van der Waals surface area contributed by atoms with E-state index < -0.39 is 8.60 Å². The summed E-state index contributed by atoms with van der Waals surface area (Å²) in [6, 6.07) is 29.8. The summed E-state index contributed by atoms with van der Waals surface area (Å²) in [5, 5.41) is 2.14. The van der Waals surface area contributed by atoms with Gasteiger partial charge in [0.2, 0.25) is 0 Å². The van der Waals surface area contributed by atoms with Gasteiger partial charge in [-0.2, -0.15) is 0 Å². The zero-order chi connectivity index (χ0) is 19.3. The average Bonchev–Trinajstić information content (AvgIpc) is 2.72. The van der Waals surface area contributed by atoms with Crippen molar-refractivity contribution in [3.05, 3.63) is 102 Å². The van der Waals surface area contributed by atoms with Gasteiger partial charge in [-0.25, -0.2) is 0 Å². The number of rotatable bonds is 6. The summed E-state index contributed by atoms with van der Waals surface area (Å²) in [6.45, 7) is 4.02. The number of fused-ring (bicyclic) bond motifs is 1. The smallest absolute Gasteiger partial charge is 0.408 e. The molecule has 0 aliphatic carbocycles. The number of para-hydroxylation sites is 2. The second kappa shape index (κ2) is 8.33. The summed E-state index contributed by atoms with van der Waals surface area (Å²) >= 11 is 0. The fourth-order valence-electron chi connectivity index (χ4n) is 2.89. The fourth-order valence-corrected chi connectivity index (χ4v) is 4.05. The predicted molar refractivity (Wildman–Crippen MR) is 115 cm³/mol. The molecular weight excluding hydrogens is 367 g/mol. The summed E-state index contributed by atoms with van der Waals surface area (Å²) in [6.07, 6.45) is 0. The molecule has 0 aliphatic rings. The number of hydrogen-bond acceptors (Lipinski definition) is 3. The van der Waals surface area contributed by atoms with Crippen LogP contribution in [-0.2, 0) is 0 Å². The Balaban J connectivity index is 1.67. The van der Waals surface area contributed by atoms with Crippen molar-refractivity contribution in [1.29, 1.82) is 0 Å². The van der Waals surface area contributed by atoms with E-state index in [0.29, 0.717) is 0 Å². The van der Waals surface area contributed by atoms with E-state index in [2.05, 4.69) is 12.1 Å². The summed E-state index contributed by atoms with van der Waals surface area (Å²) in [4.78, 5) is 0. The lowest BCUT2D eigenvalue weighted by molar-refractivity contribution is 0.387. The molecule has 4 rings (SSSR count). The molecule has 0 saturated heterocycles. The fraction of sp³-hybridized carbons (Fsp3) is 0.0833. The van der Waals surface area contributed by atoms with Gasteiger partial charge >= 0.3 is 8.60 Å². The van der Waals surface area contributed by atoms with Crippen molar-refractivity contribution in [2.24, 2.45) is 0 Å². The molecule has 0 heterocycles. The molecule has 0 aliphatic heterocycles. The molecule has 0 unspecified atom stereocenters. The van der Waals surface area contributed by atoms with Crippen LogP contribution in [0.15, 0.2) is 91.0 Å². The molecule has 4 heteroatoms. The van der Waals surface area contributed by atoms with Crippen molar-refractivity contribution in [2.75, 3.05) is 0 Å². The maximum Gasteiger partial charge on any atom is 0.530 e. The Kier molecular flexibility index (Phi) is 5.45. The highest BCUT2D eigenvalue weighted by molar-refractivity contribution is 7.43. The highest BCUT2D eigenvalue weighted by Gasteiger charge is 2.22. The maximum absolute atomic E-state index is 6.27. The topological polar surface area (TPSA) is 27.7 Å². The van der Waals surface area contributed by atoms with Gasteiger partial charge < -0.3 is 13.6 Å². The first-order valence-corrected chi connectivity index (χ1v) is 10.2. The van der Waals surface area contributed by atoms with Gasteiger partial charge in [0, 0.05) is 5.39 Å². The van der Waals surface area contributed by atoms with Crippen molar-refractivity contribution in [2.45, 2.75) is 13.8 Å². The van der Waals surface area contributed by atoms with Gasteiger partial charge in [-0.1, -0.05) is 72.8 Å². The maximum atomic E-state index is 6.27. The van der Waals surface area contributed by atoms with Crippen LogP contribution in [0, 0.1) is 13.8 Å². The molecule has 0 bridgehead atoms. The lowest BCUT2D eigenvalue weighted by Gasteiger charge is -2.20. The van der Waals surface area contributed by atoms with Gasteiger partial charge in [-0.3, -0.25) is 0 Å². The van der Waals surface area contributed by atoms with Crippen LogP contribution in [0.2, 0.25) is 0 Å². The van der Waals surface area contributed by atoms with Crippen molar-refractivity contribution < 1.29 is 13.6 Å². The Morgan fingerprint density at radius 3 is 1.61 bits per heavy atom. The molecule has 4 aromatic carbocycles. The van der Waals surface area contributed by atoms with E-state index in [1.807, 2.05) is 92.7 Å². The van der Waals surface area contributed by atoms with Crippen LogP contribution in [0.25, 0.3) is 10.8 Å². The largest absolute Gasteiger partial charge is 0.530 e. The van der Waals surface area contributed by atoms with Crippen LogP contribution < -0.4 is 13.6 Å². The van der Waals surface area contributed by atoms with Crippen LogP contribution in [0.4, 0.5) is 0 Å². The minimum absolute atomic E-state index is 0.742. The molecule has 0 N–H and O–H groups in total. The molecule has 3 nitrogen and oxygen atoms in total. The number of benzene rings is 4. The van der Waals surface area contributed by atoms with Crippen LogP contribution in [0.3, 0.4) is 0 Å². The molecule has 0 spiro atoms. The van der Waals surface area contributed by atoms with Crippen LogP contribution >= 0.6 is 8.60 Å². The van der Waals surface area contributed by atoms with E-state index in [1.165, 1.54) is 0 Å². The van der Waals surface area contributed by atoms with Gasteiger partial charge in [0.1, 0.15) is 17.2 Å². The zero-order valence-corrected chi connectivity index (χ0v) is 16.7. The van der Waals surface area contributed by atoms with Crippen LogP contribution in [0.1, 0.15) is 11.1 Å². The third kappa shape index (κ3) is 4.11. The standard InChI is InChI=1S/C24H21O3P/c1-18-10-3-7-15-22(18)25-28(26-23-16-8-4-11-19(23)2)27-24-17-9-13-20-12-5-6-14-21(20)24/h3-17H,1-2H3. The minimum atomic E-state index is -1.70. The lowest BCUT2D eigenvalue weighted by Crippen LogP contribution is -2.04. The lowest BCUT2D eigenvalue weighted by atomic mass is 10.1. The summed E-state index contributed by atoms with van der Waals surface area (Å²) in [5.41, 5.74) is 2.06. The van der Waals surface area contributed by atoms with E-state index >= 15 is 0 Å². The van der Waals surface area contributed by atoms with Crippen molar-refractivity contribution >= 4 is 19.4 Å². The van der Waals surface area contributed by atoms with Gasteiger partial charge in [0.15, 0.2) is 0 Å². The van der Waals surface area contributed by atoms with Gasteiger partial charge in [-0.05, 0) is 48.6 Å². The van der Waals surface area contributed by atoms with Crippen molar-refractivity contribution in [3.63, 3.8) is 0 Å². The number of aryl methyl sites for hydroxylation is 2. The Hall–Kier alpha value is -3.03. The second-order valence-corrected chi connectivity index (χ2v) is 7.50. The van der Waals surface area contributed by atoms with Crippen molar-refractivity contribution in [1.82, 2.24) is 0 Å². The quantitative estimate of drug-likeness (QED) is 0.326. The molecular formula is C24H21O3P. The number of hydrogen-bond donors (Lipinski definition) is 0. The molecule has 0 fully saturated rings. The highest BCUT2D eigenvalue weighted by atomic mass is 31.2. The Labute approximate surface area is 166 Å². The minimum Gasteiger partial charge on any atom is -0.408 e. The Morgan fingerprint density at radius 1 is 0.500 bits per heavy atom. The summed E-state index contributed by atoms with van der Waals surface area (Å²) in [7, 11) is -1.70. The predicted octanol–water partition coefficient (Wildman–Crippen LogP) is 7.22. The van der Waals surface area contributed by atoms with E-state index in [1.54, 1.807) is 0 Å². The molecule has 4 aromatic rings. The molecule has 140 valence electrons. The molecule has 0 atom stereocenters. The monoisotopic (exact) mass is 388 g/mol. The summed E-state index contributed by atoms with van der Waals surface area (Å²) < 4.78 is 18.6. The Morgan fingerprint density at radius 2 is 0.964 bits per heavy atom. The van der Waals surface area contributed by atoms with Crippen LogP contribution in [0.5, 0.6) is 17.2 Å². The van der Waals surface area contributed by atoms with E-state index in [4.69, 9.17) is 13.6 Å². The first-order valence-electron chi connectivity index (χ1n) is 9.14. The first-order chi connectivity index (χ1) is 13.7. The van der Waals surface area contributed by atoms with E-state index in [9.17, 15) is 0 Å². The normalized spacial score (nSPS) is 10.8. The van der Waals surface area contributed by atoms with Gasteiger partial charge in [0.05, 0.1) is 0 Å². The SMILES string of the molecule is Cc1ccccc1OP(Oc1ccccc1C)Oc1cccc2ccccc12. The van der Waals surface area contributed by atoms with Crippen LogP contribution in [-0.4, -0.2) is 0 Å². The second-order valence-electron chi connectivity index (χ2n) is 6.51. The molecule has 0 amide bonds. The molecule has 0 saturated carbocycles. The third-order valence-corrected chi connectivity index (χ3v) is 5.49. The van der Waals surface area contributed by atoms with E-state index in [-0.39, 0.29) is 0 Å². The Bertz CT molecular complexity index is 1040. The van der Waals surface area contributed by atoms with Gasteiger partial charge in [0.25, 0.3) is 0 Å². The van der Waals surface area contributed by atoms with Crippen molar-refractivity contribution in [3.8, 4) is 17.2 Å². The average molecular weight is 388 g/mol. The van der Waals surface area contributed by atoms with Gasteiger partial charge in [-0.15, -0.1) is 0 Å².